The molecule has 7 nitrogen and oxygen atoms in total. The Kier molecular flexibility index (Phi) is 6.79. The Morgan fingerprint density at radius 3 is 2.68 bits per heavy atom. The van der Waals surface area contributed by atoms with Gasteiger partial charge in [0.05, 0.1) is 18.4 Å². The standard InChI is InChI=1S/C17H19N3O4S/c1-23-10-15(21)20-13-7-6-11(9-14(13)24-2)19-16(22)12-5-4-8-18-17(12)25-3/h4-9H,10H2,1-3H3,(H,19,22)(H,20,21). The lowest BCUT2D eigenvalue weighted by Gasteiger charge is -2.13. The van der Waals surface area contributed by atoms with Gasteiger partial charge in [0.25, 0.3) is 5.91 Å². The number of carbonyl (C=O) groups excluding carboxylic acids is 2. The molecule has 1 aromatic carbocycles. The Bertz CT molecular complexity index is 767. The number of carbonyl (C=O) groups is 2. The molecule has 2 amide bonds. The van der Waals surface area contributed by atoms with E-state index in [9.17, 15) is 9.59 Å². The molecule has 0 radical (unpaired) electrons. The molecule has 1 aromatic heterocycles. The minimum atomic E-state index is -0.294. The zero-order valence-corrected chi connectivity index (χ0v) is 15.0. The number of rotatable bonds is 7. The highest BCUT2D eigenvalue weighted by molar-refractivity contribution is 7.98. The zero-order valence-electron chi connectivity index (χ0n) is 14.2. The lowest BCUT2D eigenvalue weighted by Crippen LogP contribution is -2.18. The SMILES string of the molecule is COCC(=O)Nc1ccc(NC(=O)c2cccnc2SC)cc1OC. The van der Waals surface area contributed by atoms with Gasteiger partial charge in [0.1, 0.15) is 17.4 Å². The van der Waals surface area contributed by atoms with Crippen LogP contribution in [-0.2, 0) is 9.53 Å². The number of hydrogen-bond acceptors (Lipinski definition) is 6. The highest BCUT2D eigenvalue weighted by atomic mass is 32.2. The van der Waals surface area contributed by atoms with E-state index < -0.39 is 0 Å². The van der Waals surface area contributed by atoms with Gasteiger partial charge < -0.3 is 20.1 Å². The molecule has 2 rings (SSSR count). The molecule has 132 valence electrons. The summed E-state index contributed by atoms with van der Waals surface area (Å²) in [6.45, 7) is -0.0554. The predicted octanol–water partition coefficient (Wildman–Crippen LogP) is 2.65. The molecule has 25 heavy (non-hydrogen) atoms. The smallest absolute Gasteiger partial charge is 0.258 e. The maximum Gasteiger partial charge on any atom is 0.258 e. The first-order valence-electron chi connectivity index (χ1n) is 7.36. The van der Waals surface area contributed by atoms with Gasteiger partial charge in [-0.05, 0) is 30.5 Å². The third kappa shape index (κ3) is 4.94. The molecule has 0 saturated heterocycles. The minimum Gasteiger partial charge on any atom is -0.494 e. The van der Waals surface area contributed by atoms with E-state index in [0.29, 0.717) is 27.7 Å². The van der Waals surface area contributed by atoms with Crippen molar-refractivity contribution in [2.24, 2.45) is 0 Å². The van der Waals surface area contributed by atoms with E-state index in [0.717, 1.165) is 0 Å². The second kappa shape index (κ2) is 9.05. The van der Waals surface area contributed by atoms with Gasteiger partial charge in [-0.2, -0.15) is 0 Å². The van der Waals surface area contributed by atoms with Gasteiger partial charge >= 0.3 is 0 Å². The quantitative estimate of drug-likeness (QED) is 0.737. The molecular weight excluding hydrogens is 342 g/mol. The number of nitrogens with one attached hydrogen (secondary N) is 2. The van der Waals surface area contributed by atoms with Crippen LogP contribution in [0.4, 0.5) is 11.4 Å². The normalized spacial score (nSPS) is 10.2. The van der Waals surface area contributed by atoms with Gasteiger partial charge in [-0.3, -0.25) is 9.59 Å². The molecule has 0 aliphatic carbocycles. The van der Waals surface area contributed by atoms with E-state index in [1.54, 1.807) is 36.5 Å². The second-order valence-electron chi connectivity index (χ2n) is 4.91. The fourth-order valence-electron chi connectivity index (χ4n) is 2.11. The number of amides is 2. The van der Waals surface area contributed by atoms with E-state index in [2.05, 4.69) is 15.6 Å². The van der Waals surface area contributed by atoms with Crippen molar-refractivity contribution in [1.82, 2.24) is 4.98 Å². The maximum atomic E-state index is 12.4. The van der Waals surface area contributed by atoms with Crippen molar-refractivity contribution in [3.8, 4) is 5.75 Å². The molecule has 0 fully saturated rings. The van der Waals surface area contributed by atoms with Crippen LogP contribution in [0.1, 0.15) is 10.4 Å². The molecule has 0 spiro atoms. The number of methoxy groups -OCH3 is 2. The van der Waals surface area contributed by atoms with Crippen LogP contribution in [0.3, 0.4) is 0 Å². The summed E-state index contributed by atoms with van der Waals surface area (Å²) >= 11 is 1.40. The number of hydrogen-bond donors (Lipinski definition) is 2. The molecule has 2 N–H and O–H groups in total. The Morgan fingerprint density at radius 1 is 1.20 bits per heavy atom. The van der Waals surface area contributed by atoms with Crippen molar-refractivity contribution in [2.45, 2.75) is 5.03 Å². The largest absolute Gasteiger partial charge is 0.494 e. The van der Waals surface area contributed by atoms with Crippen LogP contribution in [0.2, 0.25) is 0 Å². The number of benzene rings is 1. The number of thioether (sulfide) groups is 1. The van der Waals surface area contributed by atoms with Crippen LogP contribution >= 0.6 is 11.8 Å². The van der Waals surface area contributed by atoms with Crippen molar-refractivity contribution in [3.63, 3.8) is 0 Å². The Balaban J connectivity index is 2.17. The molecule has 0 bridgehead atoms. The van der Waals surface area contributed by atoms with Crippen LogP contribution in [0.15, 0.2) is 41.6 Å². The van der Waals surface area contributed by atoms with Gasteiger partial charge in [-0.25, -0.2) is 4.98 Å². The van der Waals surface area contributed by atoms with Crippen LogP contribution in [0.5, 0.6) is 5.75 Å². The Morgan fingerprint density at radius 2 is 2.00 bits per heavy atom. The molecule has 0 aliphatic rings. The van der Waals surface area contributed by atoms with Crippen molar-refractivity contribution in [2.75, 3.05) is 37.7 Å². The highest BCUT2D eigenvalue weighted by Gasteiger charge is 2.14. The average Bonchev–Trinajstić information content (AvgIpc) is 2.63. The molecule has 0 saturated carbocycles. The van der Waals surface area contributed by atoms with Gasteiger partial charge in [-0.1, -0.05) is 0 Å². The number of anilines is 2. The van der Waals surface area contributed by atoms with Crippen molar-refractivity contribution < 1.29 is 19.1 Å². The van der Waals surface area contributed by atoms with E-state index in [-0.39, 0.29) is 18.4 Å². The molecule has 8 heteroatoms. The predicted molar refractivity (Wildman–Crippen MR) is 97.5 cm³/mol. The summed E-state index contributed by atoms with van der Waals surface area (Å²) < 4.78 is 10.1. The van der Waals surface area contributed by atoms with Crippen molar-refractivity contribution >= 4 is 35.0 Å². The molecule has 0 unspecified atom stereocenters. The average molecular weight is 361 g/mol. The van der Waals surface area contributed by atoms with Gasteiger partial charge in [0, 0.05) is 25.1 Å². The molecule has 0 atom stereocenters. The number of nitrogens with zero attached hydrogens (tertiary/aromatic N) is 1. The van der Waals surface area contributed by atoms with Crippen LogP contribution in [0, 0.1) is 0 Å². The van der Waals surface area contributed by atoms with Crippen LogP contribution in [0.25, 0.3) is 0 Å². The molecule has 2 aromatic rings. The van der Waals surface area contributed by atoms with Crippen LogP contribution < -0.4 is 15.4 Å². The summed E-state index contributed by atoms with van der Waals surface area (Å²) in [6, 6.07) is 8.39. The maximum absolute atomic E-state index is 12.4. The van der Waals surface area contributed by atoms with Crippen molar-refractivity contribution in [1.29, 1.82) is 0 Å². The van der Waals surface area contributed by atoms with E-state index in [1.807, 2.05) is 6.26 Å². The Labute approximate surface area is 150 Å². The van der Waals surface area contributed by atoms with E-state index >= 15 is 0 Å². The third-order valence-electron chi connectivity index (χ3n) is 3.22. The molecular formula is C17H19N3O4S. The van der Waals surface area contributed by atoms with Gasteiger partial charge in [0.2, 0.25) is 5.91 Å². The van der Waals surface area contributed by atoms with Crippen LogP contribution in [-0.4, -0.2) is 43.9 Å². The topological polar surface area (TPSA) is 89.6 Å². The first-order valence-corrected chi connectivity index (χ1v) is 8.58. The summed E-state index contributed by atoms with van der Waals surface area (Å²) in [5.74, 6) is -0.133. The second-order valence-corrected chi connectivity index (χ2v) is 5.71. The highest BCUT2D eigenvalue weighted by Crippen LogP contribution is 2.28. The first-order chi connectivity index (χ1) is 12.1. The number of ether oxygens (including phenoxy) is 2. The van der Waals surface area contributed by atoms with E-state index in [1.165, 1.54) is 26.0 Å². The number of aromatic nitrogens is 1. The Hall–Kier alpha value is -2.58. The lowest BCUT2D eigenvalue weighted by atomic mass is 10.2. The summed E-state index contributed by atoms with van der Waals surface area (Å²) in [4.78, 5) is 28.3. The van der Waals surface area contributed by atoms with Gasteiger partial charge in [-0.15, -0.1) is 11.8 Å². The van der Waals surface area contributed by atoms with Crippen molar-refractivity contribution in [3.05, 3.63) is 42.1 Å². The van der Waals surface area contributed by atoms with Gasteiger partial charge in [0.15, 0.2) is 0 Å². The fourth-order valence-corrected chi connectivity index (χ4v) is 2.66. The first kappa shape index (κ1) is 18.8. The summed E-state index contributed by atoms with van der Waals surface area (Å²) in [6.07, 6.45) is 3.50. The summed E-state index contributed by atoms with van der Waals surface area (Å²) in [5, 5.41) is 6.13. The minimum absolute atomic E-state index is 0.0554. The summed E-state index contributed by atoms with van der Waals surface area (Å²) in [7, 11) is 2.93. The monoisotopic (exact) mass is 361 g/mol. The number of pyridine rings is 1. The summed E-state index contributed by atoms with van der Waals surface area (Å²) in [5.41, 5.74) is 1.53. The molecule has 1 heterocycles. The lowest BCUT2D eigenvalue weighted by molar-refractivity contribution is -0.119. The fraction of sp³-hybridized carbons (Fsp3) is 0.235. The molecule has 0 aliphatic heterocycles. The van der Waals surface area contributed by atoms with E-state index in [4.69, 9.17) is 9.47 Å². The third-order valence-corrected chi connectivity index (χ3v) is 3.93. The zero-order chi connectivity index (χ0) is 18.2.